The summed E-state index contributed by atoms with van der Waals surface area (Å²) in [5.74, 6) is 2.86. The van der Waals surface area contributed by atoms with Crippen LogP contribution in [0.1, 0.15) is 35.8 Å². The second-order valence-corrected chi connectivity index (χ2v) is 4.96. The van der Waals surface area contributed by atoms with E-state index in [0.29, 0.717) is 0 Å². The van der Waals surface area contributed by atoms with Crippen LogP contribution in [0.25, 0.3) is 11.0 Å². The fourth-order valence-corrected chi connectivity index (χ4v) is 2.73. The Morgan fingerprint density at radius 2 is 1.90 bits per heavy atom. The van der Waals surface area contributed by atoms with Crippen LogP contribution >= 0.6 is 0 Å². The maximum Gasteiger partial charge on any atom is 0.134 e. The van der Waals surface area contributed by atoms with Gasteiger partial charge in [-0.15, -0.1) is 0 Å². The summed E-state index contributed by atoms with van der Waals surface area (Å²) in [4.78, 5) is 0. The van der Waals surface area contributed by atoms with Gasteiger partial charge >= 0.3 is 0 Å². The number of hydrogen-bond acceptors (Lipinski definition) is 3. The molecule has 0 amide bonds. The van der Waals surface area contributed by atoms with Crippen molar-refractivity contribution in [3.05, 3.63) is 59.2 Å². The summed E-state index contributed by atoms with van der Waals surface area (Å²) in [6, 6.07) is 12.2. The molecular weight excluding hydrogens is 250 g/mol. The van der Waals surface area contributed by atoms with E-state index in [9.17, 15) is 0 Å². The first-order valence-corrected chi connectivity index (χ1v) is 6.98. The fourth-order valence-electron chi connectivity index (χ4n) is 2.73. The molecule has 0 aliphatic carbocycles. The molecule has 0 aliphatic heterocycles. The van der Waals surface area contributed by atoms with Gasteiger partial charge in [-0.2, -0.15) is 0 Å². The first kappa shape index (κ1) is 13.0. The number of fused-ring (bicyclic) bond motifs is 1. The Balaban J connectivity index is 2.20. The van der Waals surface area contributed by atoms with Crippen molar-refractivity contribution in [2.45, 2.75) is 26.3 Å². The lowest BCUT2D eigenvalue weighted by atomic mass is 10.00. The zero-order chi connectivity index (χ0) is 14.1. The molecule has 2 heterocycles. The van der Waals surface area contributed by atoms with Crippen molar-refractivity contribution in [3.63, 3.8) is 0 Å². The topological polar surface area (TPSA) is 38.3 Å². The monoisotopic (exact) mass is 269 g/mol. The quantitative estimate of drug-likeness (QED) is 0.771. The molecule has 0 spiro atoms. The first-order valence-electron chi connectivity index (χ1n) is 6.98. The largest absolute Gasteiger partial charge is 0.464 e. The summed E-state index contributed by atoms with van der Waals surface area (Å²) in [6.45, 7) is 4.08. The molecule has 1 unspecified atom stereocenters. The minimum atomic E-state index is 0.0160. The summed E-state index contributed by atoms with van der Waals surface area (Å²) in [6.07, 6.45) is 0.863. The van der Waals surface area contributed by atoms with E-state index in [-0.39, 0.29) is 6.04 Å². The van der Waals surface area contributed by atoms with Crippen LogP contribution in [0.2, 0.25) is 0 Å². The maximum absolute atomic E-state index is 5.98. The van der Waals surface area contributed by atoms with Crippen molar-refractivity contribution >= 4 is 11.0 Å². The molecule has 1 N–H and O–H groups in total. The Kier molecular flexibility index (Phi) is 3.36. The molecule has 0 bridgehead atoms. The highest BCUT2D eigenvalue weighted by Crippen LogP contribution is 2.35. The average Bonchev–Trinajstić information content (AvgIpc) is 3.05. The van der Waals surface area contributed by atoms with Crippen molar-refractivity contribution in [1.82, 2.24) is 5.32 Å². The van der Waals surface area contributed by atoms with Gasteiger partial charge in [-0.3, -0.25) is 0 Å². The molecular formula is C17H19NO2. The van der Waals surface area contributed by atoms with Crippen LogP contribution in [0.4, 0.5) is 0 Å². The van der Waals surface area contributed by atoms with Crippen LogP contribution in [-0.4, -0.2) is 7.05 Å². The molecule has 3 heteroatoms. The number of para-hydroxylation sites is 1. The van der Waals surface area contributed by atoms with Gasteiger partial charge in [-0.25, -0.2) is 0 Å². The number of furan rings is 2. The Morgan fingerprint density at radius 1 is 1.10 bits per heavy atom. The van der Waals surface area contributed by atoms with Crippen molar-refractivity contribution in [3.8, 4) is 0 Å². The average molecular weight is 269 g/mol. The lowest BCUT2D eigenvalue weighted by Gasteiger charge is -2.14. The van der Waals surface area contributed by atoms with Gasteiger partial charge in [0, 0.05) is 17.4 Å². The molecule has 1 aromatic carbocycles. The smallest absolute Gasteiger partial charge is 0.134 e. The molecule has 2 aromatic heterocycles. The summed E-state index contributed by atoms with van der Waals surface area (Å²) in [5.41, 5.74) is 2.11. The molecule has 0 radical (unpaired) electrons. The maximum atomic E-state index is 5.98. The summed E-state index contributed by atoms with van der Waals surface area (Å²) in [7, 11) is 1.95. The van der Waals surface area contributed by atoms with E-state index in [1.165, 1.54) is 5.56 Å². The van der Waals surface area contributed by atoms with Gasteiger partial charge in [0.25, 0.3) is 0 Å². The van der Waals surface area contributed by atoms with Gasteiger partial charge < -0.3 is 14.2 Å². The molecule has 0 aliphatic rings. The number of benzene rings is 1. The van der Waals surface area contributed by atoms with Crippen LogP contribution < -0.4 is 5.32 Å². The number of rotatable bonds is 4. The Hall–Kier alpha value is -2.00. The molecule has 20 heavy (non-hydrogen) atoms. The highest BCUT2D eigenvalue weighted by atomic mass is 16.3. The molecule has 3 aromatic rings. The van der Waals surface area contributed by atoms with Crippen molar-refractivity contribution in [2.75, 3.05) is 7.05 Å². The first-order chi connectivity index (χ1) is 9.74. The summed E-state index contributed by atoms with van der Waals surface area (Å²) < 4.78 is 11.8. The van der Waals surface area contributed by atoms with Gasteiger partial charge in [0.05, 0.1) is 6.04 Å². The van der Waals surface area contributed by atoms with Crippen molar-refractivity contribution < 1.29 is 8.83 Å². The fraction of sp³-hybridized carbons (Fsp3) is 0.294. The van der Waals surface area contributed by atoms with E-state index in [1.54, 1.807) is 0 Å². The van der Waals surface area contributed by atoms with Gasteiger partial charge in [0.2, 0.25) is 0 Å². The van der Waals surface area contributed by atoms with Gasteiger partial charge in [-0.1, -0.05) is 25.1 Å². The minimum Gasteiger partial charge on any atom is -0.464 e. The van der Waals surface area contributed by atoms with E-state index in [0.717, 1.165) is 34.7 Å². The molecule has 1 atom stereocenters. The Labute approximate surface area is 118 Å². The third-order valence-corrected chi connectivity index (χ3v) is 3.65. The van der Waals surface area contributed by atoms with E-state index in [4.69, 9.17) is 8.83 Å². The molecule has 0 saturated heterocycles. The molecule has 104 valence electrons. The highest BCUT2D eigenvalue weighted by Gasteiger charge is 2.24. The van der Waals surface area contributed by atoms with Gasteiger partial charge in [0.15, 0.2) is 0 Å². The SMILES string of the molecule is CCc1oc2ccccc2c1C(NC)c1ccc(C)o1. The zero-order valence-corrected chi connectivity index (χ0v) is 12.1. The second kappa shape index (κ2) is 5.17. The summed E-state index contributed by atoms with van der Waals surface area (Å²) >= 11 is 0. The lowest BCUT2D eigenvalue weighted by Crippen LogP contribution is -2.18. The number of nitrogens with one attached hydrogen (secondary N) is 1. The normalized spacial score (nSPS) is 12.9. The lowest BCUT2D eigenvalue weighted by molar-refractivity contribution is 0.438. The van der Waals surface area contributed by atoms with Crippen LogP contribution in [0.15, 0.2) is 45.2 Å². The third kappa shape index (κ3) is 2.04. The van der Waals surface area contributed by atoms with Crippen LogP contribution in [0.5, 0.6) is 0 Å². The minimum absolute atomic E-state index is 0.0160. The zero-order valence-electron chi connectivity index (χ0n) is 12.1. The highest BCUT2D eigenvalue weighted by molar-refractivity contribution is 5.83. The van der Waals surface area contributed by atoms with Crippen LogP contribution in [-0.2, 0) is 6.42 Å². The predicted octanol–water partition coefficient (Wildman–Crippen LogP) is 4.21. The summed E-state index contributed by atoms with van der Waals surface area (Å²) in [5, 5.41) is 4.50. The van der Waals surface area contributed by atoms with Crippen LogP contribution in [0.3, 0.4) is 0 Å². The third-order valence-electron chi connectivity index (χ3n) is 3.65. The van der Waals surface area contributed by atoms with E-state index in [2.05, 4.69) is 18.3 Å². The Bertz CT molecular complexity index is 724. The molecule has 0 saturated carbocycles. The molecule has 3 rings (SSSR count). The number of hydrogen-bond donors (Lipinski definition) is 1. The van der Waals surface area contributed by atoms with Crippen molar-refractivity contribution in [2.24, 2.45) is 0 Å². The molecule has 0 fully saturated rings. The van der Waals surface area contributed by atoms with Crippen LogP contribution in [0, 0.1) is 6.92 Å². The van der Waals surface area contributed by atoms with E-state index in [1.807, 2.05) is 44.3 Å². The standard InChI is InChI=1S/C17H19NO2/c1-4-13-16(12-7-5-6-8-14(12)20-13)17(18-3)15-10-9-11(2)19-15/h5-10,17-18H,4H2,1-3H3. The van der Waals surface area contributed by atoms with Gasteiger partial charge in [0.1, 0.15) is 22.9 Å². The Morgan fingerprint density at radius 3 is 2.55 bits per heavy atom. The van der Waals surface area contributed by atoms with Gasteiger partial charge in [-0.05, 0) is 32.2 Å². The van der Waals surface area contributed by atoms with Crippen molar-refractivity contribution in [1.29, 1.82) is 0 Å². The van der Waals surface area contributed by atoms with E-state index >= 15 is 0 Å². The number of aryl methyl sites for hydroxylation is 2. The van der Waals surface area contributed by atoms with E-state index < -0.39 is 0 Å². The molecule has 3 nitrogen and oxygen atoms in total. The predicted molar refractivity (Wildman–Crippen MR) is 79.9 cm³/mol. The second-order valence-electron chi connectivity index (χ2n) is 4.96.